The molecule has 0 radical (unpaired) electrons. The number of amides is 1. The van der Waals surface area contributed by atoms with Gasteiger partial charge in [0.1, 0.15) is 0 Å². The first kappa shape index (κ1) is 17.3. The van der Waals surface area contributed by atoms with E-state index in [0.29, 0.717) is 16.7 Å². The predicted molar refractivity (Wildman–Crippen MR) is 93.4 cm³/mol. The Labute approximate surface area is 153 Å². The molecule has 1 aliphatic heterocycles. The minimum atomic E-state index is -4.03. The fourth-order valence-corrected chi connectivity index (χ4v) is 3.04. The Balaban J connectivity index is 1.79. The van der Waals surface area contributed by atoms with Gasteiger partial charge in [0, 0.05) is 11.8 Å². The Bertz CT molecular complexity index is 1040. The van der Waals surface area contributed by atoms with Crippen LogP contribution in [0, 0.1) is 0 Å². The van der Waals surface area contributed by atoms with E-state index in [9.17, 15) is 18.7 Å². The van der Waals surface area contributed by atoms with Gasteiger partial charge in [-0.15, -0.1) is 0 Å². The third kappa shape index (κ3) is 2.97. The van der Waals surface area contributed by atoms with Gasteiger partial charge in [-0.2, -0.15) is 8.78 Å². The highest BCUT2D eigenvalue weighted by atomic mass is 19.3. The third-order valence-corrected chi connectivity index (χ3v) is 4.32. The molecule has 4 rings (SSSR count). The number of para-hydroxylation sites is 1. The van der Waals surface area contributed by atoms with Gasteiger partial charge >= 0.3 is 12.0 Å². The van der Waals surface area contributed by atoms with Gasteiger partial charge in [-0.3, -0.25) is 14.7 Å². The predicted octanol–water partition coefficient (Wildman–Crippen LogP) is 3.20. The van der Waals surface area contributed by atoms with E-state index in [1.54, 1.807) is 36.5 Å². The normalized spacial score (nSPS) is 16.7. The second-order valence-electron chi connectivity index (χ2n) is 6.23. The molecular weight excluding hydrogens is 356 g/mol. The van der Waals surface area contributed by atoms with Crippen LogP contribution >= 0.6 is 0 Å². The number of nitrogens with zero attached hydrogens (tertiary/aromatic N) is 3. The highest BCUT2D eigenvalue weighted by Crippen LogP contribution is 2.44. The van der Waals surface area contributed by atoms with Crippen LogP contribution in [0.1, 0.15) is 24.3 Å². The van der Waals surface area contributed by atoms with Crippen LogP contribution < -0.4 is 9.64 Å². The SMILES string of the molecule is C[C@H](O)c1cccc2c1OC(F)(F)C(=O)N2Cc1ccc2ncccc2n1. The minimum absolute atomic E-state index is 0.164. The Hall–Kier alpha value is -3.13. The Kier molecular flexibility index (Phi) is 4.00. The first-order chi connectivity index (χ1) is 12.9. The molecule has 27 heavy (non-hydrogen) atoms. The number of ether oxygens (including phenoxy) is 1. The van der Waals surface area contributed by atoms with E-state index in [1.807, 2.05) is 0 Å². The van der Waals surface area contributed by atoms with Crippen molar-refractivity contribution in [2.24, 2.45) is 0 Å². The Morgan fingerprint density at radius 1 is 1.19 bits per heavy atom. The molecular formula is C19H15F2N3O3. The van der Waals surface area contributed by atoms with Crippen LogP contribution in [0.15, 0.2) is 48.7 Å². The second kappa shape index (κ2) is 6.24. The summed E-state index contributed by atoms with van der Waals surface area (Å²) < 4.78 is 33.0. The van der Waals surface area contributed by atoms with Gasteiger partial charge in [0.05, 0.1) is 35.1 Å². The van der Waals surface area contributed by atoms with Crippen LogP contribution in [0.2, 0.25) is 0 Å². The number of anilines is 1. The van der Waals surface area contributed by atoms with Crippen LogP contribution in [0.4, 0.5) is 14.5 Å². The maximum absolute atomic E-state index is 14.2. The van der Waals surface area contributed by atoms with Gasteiger partial charge in [0.2, 0.25) is 0 Å². The van der Waals surface area contributed by atoms with Crippen LogP contribution in [-0.2, 0) is 11.3 Å². The monoisotopic (exact) mass is 371 g/mol. The summed E-state index contributed by atoms with van der Waals surface area (Å²) in [5.74, 6) is -1.69. The molecule has 0 unspecified atom stereocenters. The third-order valence-electron chi connectivity index (χ3n) is 4.32. The minimum Gasteiger partial charge on any atom is -0.423 e. The molecule has 6 nitrogen and oxygen atoms in total. The Morgan fingerprint density at radius 2 is 2.00 bits per heavy atom. The van der Waals surface area contributed by atoms with E-state index in [0.717, 1.165) is 4.90 Å². The first-order valence-electron chi connectivity index (χ1n) is 8.27. The molecule has 0 spiro atoms. The number of rotatable bonds is 3. The van der Waals surface area contributed by atoms with Crippen LogP contribution in [0.3, 0.4) is 0 Å². The molecule has 2 aromatic heterocycles. The zero-order chi connectivity index (χ0) is 19.2. The molecule has 0 bridgehead atoms. The topological polar surface area (TPSA) is 75.6 Å². The van der Waals surface area contributed by atoms with Gasteiger partial charge in [-0.25, -0.2) is 4.98 Å². The molecule has 0 saturated heterocycles. The van der Waals surface area contributed by atoms with Crippen molar-refractivity contribution in [3.63, 3.8) is 0 Å². The molecule has 0 fully saturated rings. The van der Waals surface area contributed by atoms with Gasteiger partial charge in [0.15, 0.2) is 5.75 Å². The number of halogens is 2. The lowest BCUT2D eigenvalue weighted by Crippen LogP contribution is -2.50. The average molecular weight is 371 g/mol. The summed E-state index contributed by atoms with van der Waals surface area (Å²) in [6.45, 7) is 1.27. The van der Waals surface area contributed by atoms with Crippen LogP contribution in [0.25, 0.3) is 11.0 Å². The summed E-state index contributed by atoms with van der Waals surface area (Å²) >= 11 is 0. The number of hydrogen-bond donors (Lipinski definition) is 1. The summed E-state index contributed by atoms with van der Waals surface area (Å²) in [5, 5.41) is 9.86. The maximum Gasteiger partial charge on any atom is 0.483 e. The molecule has 0 aliphatic carbocycles. The van der Waals surface area contributed by atoms with Crippen molar-refractivity contribution in [1.29, 1.82) is 0 Å². The number of carbonyl (C=O) groups is 1. The second-order valence-corrected chi connectivity index (χ2v) is 6.23. The zero-order valence-corrected chi connectivity index (χ0v) is 14.3. The summed E-state index contributed by atoms with van der Waals surface area (Å²) in [6.07, 6.45) is -3.43. The van der Waals surface area contributed by atoms with E-state index in [-0.39, 0.29) is 23.5 Å². The van der Waals surface area contributed by atoms with Crippen molar-refractivity contribution < 1.29 is 23.4 Å². The molecule has 138 valence electrons. The van der Waals surface area contributed by atoms with Gasteiger partial charge in [0.25, 0.3) is 0 Å². The quantitative estimate of drug-likeness (QED) is 0.765. The first-order valence-corrected chi connectivity index (χ1v) is 8.27. The largest absolute Gasteiger partial charge is 0.483 e. The Morgan fingerprint density at radius 3 is 2.78 bits per heavy atom. The van der Waals surface area contributed by atoms with E-state index in [1.165, 1.54) is 19.1 Å². The van der Waals surface area contributed by atoms with E-state index >= 15 is 0 Å². The zero-order valence-electron chi connectivity index (χ0n) is 14.3. The smallest absolute Gasteiger partial charge is 0.423 e. The number of benzene rings is 1. The van der Waals surface area contributed by atoms with Crippen molar-refractivity contribution in [3.8, 4) is 5.75 Å². The lowest BCUT2D eigenvalue weighted by Gasteiger charge is -2.34. The number of hydrogen-bond acceptors (Lipinski definition) is 5. The highest BCUT2D eigenvalue weighted by Gasteiger charge is 2.51. The van der Waals surface area contributed by atoms with Gasteiger partial charge < -0.3 is 9.84 Å². The standard InChI is InChI=1S/C19H15F2N3O3/c1-11(25)13-4-2-6-16-17(13)27-19(20,21)18(26)24(16)10-12-7-8-14-15(23-12)5-3-9-22-14/h2-9,11,25H,10H2,1H3/t11-/m0/s1. The number of aliphatic hydroxyl groups is 1. The summed E-state index contributed by atoms with van der Waals surface area (Å²) in [5.41, 5.74) is 2.03. The average Bonchev–Trinajstić information content (AvgIpc) is 2.64. The molecule has 1 N–H and O–H groups in total. The number of aliphatic hydroxyl groups excluding tert-OH is 1. The van der Waals surface area contributed by atoms with Gasteiger partial charge in [-0.1, -0.05) is 12.1 Å². The van der Waals surface area contributed by atoms with E-state index in [2.05, 4.69) is 14.7 Å². The van der Waals surface area contributed by atoms with Crippen molar-refractivity contribution in [3.05, 3.63) is 59.9 Å². The van der Waals surface area contributed by atoms with E-state index < -0.39 is 18.1 Å². The van der Waals surface area contributed by atoms with Crippen molar-refractivity contribution in [2.45, 2.75) is 25.7 Å². The molecule has 1 aromatic carbocycles. The number of alkyl halides is 2. The maximum atomic E-state index is 14.2. The molecule has 3 aromatic rings. The number of pyridine rings is 2. The summed E-state index contributed by atoms with van der Waals surface area (Å²) in [4.78, 5) is 21.8. The van der Waals surface area contributed by atoms with Crippen molar-refractivity contribution in [1.82, 2.24) is 9.97 Å². The molecule has 8 heteroatoms. The van der Waals surface area contributed by atoms with Gasteiger partial charge in [-0.05, 0) is 37.3 Å². The van der Waals surface area contributed by atoms with Crippen LogP contribution in [0.5, 0.6) is 5.75 Å². The van der Waals surface area contributed by atoms with E-state index in [4.69, 9.17) is 0 Å². The number of aromatic nitrogens is 2. The molecule has 1 amide bonds. The van der Waals surface area contributed by atoms with Crippen molar-refractivity contribution >= 4 is 22.6 Å². The fraction of sp³-hybridized carbons (Fsp3) is 0.211. The summed E-state index contributed by atoms with van der Waals surface area (Å²) in [7, 11) is 0. The number of carbonyl (C=O) groups excluding carboxylic acids is 1. The summed E-state index contributed by atoms with van der Waals surface area (Å²) in [6, 6.07) is 11.4. The number of fused-ring (bicyclic) bond motifs is 2. The molecule has 1 aliphatic rings. The lowest BCUT2D eigenvalue weighted by molar-refractivity contribution is -0.193. The lowest BCUT2D eigenvalue weighted by atomic mass is 10.1. The fourth-order valence-electron chi connectivity index (χ4n) is 3.04. The molecule has 3 heterocycles. The highest BCUT2D eigenvalue weighted by molar-refractivity contribution is 6.01. The van der Waals surface area contributed by atoms with Crippen LogP contribution in [-0.4, -0.2) is 27.1 Å². The van der Waals surface area contributed by atoms with Crippen molar-refractivity contribution in [2.75, 3.05) is 4.90 Å². The molecule has 0 saturated carbocycles. The molecule has 1 atom stereocenters.